The van der Waals surface area contributed by atoms with Gasteiger partial charge in [-0.25, -0.2) is 0 Å². The molecule has 1 aromatic rings. The molecule has 1 aliphatic carbocycles. The first kappa shape index (κ1) is 15.4. The maximum atomic E-state index is 10.1. The molecule has 3 unspecified atom stereocenters. The molecule has 112 valence electrons. The molecule has 1 aliphatic rings. The van der Waals surface area contributed by atoms with Crippen LogP contribution in [0.15, 0.2) is 24.3 Å². The van der Waals surface area contributed by atoms with Crippen LogP contribution < -0.4 is 4.74 Å². The van der Waals surface area contributed by atoms with Crippen molar-refractivity contribution in [3.05, 3.63) is 29.8 Å². The van der Waals surface area contributed by atoms with E-state index in [-0.39, 0.29) is 12.2 Å². The number of aryl methyl sites for hydroxylation is 1. The quantitative estimate of drug-likeness (QED) is 0.837. The lowest BCUT2D eigenvalue weighted by Crippen LogP contribution is -2.38. The van der Waals surface area contributed by atoms with Gasteiger partial charge in [0.05, 0.1) is 6.10 Å². The Morgan fingerprint density at radius 3 is 2.55 bits per heavy atom. The summed E-state index contributed by atoms with van der Waals surface area (Å²) in [5, 5.41) is 10.1. The second kappa shape index (κ2) is 7.68. The first-order chi connectivity index (χ1) is 9.72. The van der Waals surface area contributed by atoms with E-state index in [4.69, 9.17) is 4.74 Å². The standard InChI is InChI=1S/C18H28O2/c1-3-5-6-15-7-10-16(11-8-15)20-18-13-14(4-2)9-12-17(18)19/h7-8,10-11,14,17-19H,3-6,9,12-13H2,1-2H3. The van der Waals surface area contributed by atoms with Crippen molar-refractivity contribution < 1.29 is 9.84 Å². The summed E-state index contributed by atoms with van der Waals surface area (Å²) in [6.07, 6.45) is 7.43. The lowest BCUT2D eigenvalue weighted by Gasteiger charge is -2.33. The van der Waals surface area contributed by atoms with E-state index < -0.39 is 0 Å². The molecule has 3 atom stereocenters. The molecule has 0 spiro atoms. The van der Waals surface area contributed by atoms with E-state index in [0.29, 0.717) is 5.92 Å². The van der Waals surface area contributed by atoms with Crippen molar-refractivity contribution in [3.63, 3.8) is 0 Å². The molecule has 2 nitrogen and oxygen atoms in total. The number of rotatable bonds is 6. The van der Waals surface area contributed by atoms with E-state index in [1.807, 2.05) is 12.1 Å². The Kier molecular flexibility index (Phi) is 5.90. The predicted octanol–water partition coefficient (Wildman–Crippen LogP) is 4.35. The van der Waals surface area contributed by atoms with Gasteiger partial charge >= 0.3 is 0 Å². The van der Waals surface area contributed by atoms with Crippen molar-refractivity contribution in [1.29, 1.82) is 0 Å². The molecule has 0 saturated heterocycles. The summed E-state index contributed by atoms with van der Waals surface area (Å²) in [6, 6.07) is 8.40. The number of ether oxygens (including phenoxy) is 1. The zero-order chi connectivity index (χ0) is 14.4. The third kappa shape index (κ3) is 4.24. The van der Waals surface area contributed by atoms with Crippen LogP contribution in [-0.4, -0.2) is 17.3 Å². The van der Waals surface area contributed by atoms with Crippen LogP contribution in [0.4, 0.5) is 0 Å². The van der Waals surface area contributed by atoms with Gasteiger partial charge in [-0.2, -0.15) is 0 Å². The van der Waals surface area contributed by atoms with Gasteiger partial charge in [-0.05, 0) is 55.7 Å². The molecule has 1 fully saturated rings. The van der Waals surface area contributed by atoms with Gasteiger partial charge in [0.25, 0.3) is 0 Å². The second-order valence-corrected chi connectivity index (χ2v) is 6.06. The van der Waals surface area contributed by atoms with Crippen molar-refractivity contribution in [1.82, 2.24) is 0 Å². The van der Waals surface area contributed by atoms with Gasteiger partial charge < -0.3 is 9.84 Å². The second-order valence-electron chi connectivity index (χ2n) is 6.06. The molecule has 2 heteroatoms. The highest BCUT2D eigenvalue weighted by molar-refractivity contribution is 5.27. The van der Waals surface area contributed by atoms with Crippen molar-refractivity contribution in [2.45, 2.75) is 71.0 Å². The van der Waals surface area contributed by atoms with E-state index in [9.17, 15) is 5.11 Å². The summed E-state index contributed by atoms with van der Waals surface area (Å²) in [5.41, 5.74) is 1.37. The molecule has 0 heterocycles. The average molecular weight is 276 g/mol. The molecule has 20 heavy (non-hydrogen) atoms. The van der Waals surface area contributed by atoms with Crippen molar-refractivity contribution in [2.75, 3.05) is 0 Å². The normalized spacial score (nSPS) is 26.4. The number of benzene rings is 1. The van der Waals surface area contributed by atoms with Gasteiger partial charge in [0.2, 0.25) is 0 Å². The molecule has 0 radical (unpaired) electrons. The minimum Gasteiger partial charge on any atom is -0.488 e. The van der Waals surface area contributed by atoms with Crippen LogP contribution in [0, 0.1) is 5.92 Å². The van der Waals surface area contributed by atoms with E-state index in [0.717, 1.165) is 31.4 Å². The lowest BCUT2D eigenvalue weighted by molar-refractivity contribution is -0.0109. The van der Waals surface area contributed by atoms with Crippen LogP contribution in [0.25, 0.3) is 0 Å². The zero-order valence-corrected chi connectivity index (χ0v) is 12.8. The fourth-order valence-electron chi connectivity index (χ4n) is 2.98. The van der Waals surface area contributed by atoms with Crippen LogP contribution >= 0.6 is 0 Å². The van der Waals surface area contributed by atoms with Crippen molar-refractivity contribution in [3.8, 4) is 5.75 Å². The van der Waals surface area contributed by atoms with E-state index in [1.165, 1.54) is 24.8 Å². The molecular weight excluding hydrogens is 248 g/mol. The van der Waals surface area contributed by atoms with Gasteiger partial charge in [0.15, 0.2) is 0 Å². The molecule has 0 aliphatic heterocycles. The van der Waals surface area contributed by atoms with Gasteiger partial charge in [-0.1, -0.05) is 38.8 Å². The Balaban J connectivity index is 1.91. The number of hydrogen-bond acceptors (Lipinski definition) is 2. The third-order valence-electron chi connectivity index (χ3n) is 4.47. The van der Waals surface area contributed by atoms with Crippen molar-refractivity contribution in [2.24, 2.45) is 5.92 Å². The Bertz CT molecular complexity index is 385. The molecule has 1 saturated carbocycles. The minimum absolute atomic E-state index is 0.0322. The summed E-state index contributed by atoms with van der Waals surface area (Å²) >= 11 is 0. The highest BCUT2D eigenvalue weighted by atomic mass is 16.5. The number of aliphatic hydroxyl groups excluding tert-OH is 1. The van der Waals surface area contributed by atoms with E-state index in [2.05, 4.69) is 26.0 Å². The Morgan fingerprint density at radius 2 is 1.90 bits per heavy atom. The largest absolute Gasteiger partial charge is 0.488 e. The average Bonchev–Trinajstić information content (AvgIpc) is 2.49. The summed E-state index contributed by atoms with van der Waals surface area (Å²) in [6.45, 7) is 4.44. The monoisotopic (exact) mass is 276 g/mol. The number of aliphatic hydroxyl groups is 1. The molecule has 0 aromatic heterocycles. The van der Waals surface area contributed by atoms with Gasteiger partial charge in [-0.15, -0.1) is 0 Å². The first-order valence-electron chi connectivity index (χ1n) is 8.16. The summed E-state index contributed by atoms with van der Waals surface area (Å²) in [4.78, 5) is 0. The van der Waals surface area contributed by atoms with Gasteiger partial charge in [0, 0.05) is 0 Å². The number of hydrogen-bond donors (Lipinski definition) is 1. The summed E-state index contributed by atoms with van der Waals surface area (Å²) < 4.78 is 6.01. The maximum absolute atomic E-state index is 10.1. The predicted molar refractivity (Wildman–Crippen MR) is 83.1 cm³/mol. The highest BCUT2D eigenvalue weighted by Crippen LogP contribution is 2.30. The number of unbranched alkanes of at least 4 members (excludes halogenated alkanes) is 1. The Labute approximate surface area is 123 Å². The fourth-order valence-corrected chi connectivity index (χ4v) is 2.98. The molecule has 1 N–H and O–H groups in total. The highest BCUT2D eigenvalue weighted by Gasteiger charge is 2.29. The summed E-state index contributed by atoms with van der Waals surface area (Å²) in [7, 11) is 0. The molecular formula is C18H28O2. The van der Waals surface area contributed by atoms with Crippen LogP contribution in [0.1, 0.15) is 57.9 Å². The molecule has 0 bridgehead atoms. The minimum atomic E-state index is -0.308. The SMILES string of the molecule is CCCCc1ccc(OC2CC(CC)CCC2O)cc1. The smallest absolute Gasteiger partial charge is 0.125 e. The Hall–Kier alpha value is -1.02. The molecule has 1 aromatic carbocycles. The van der Waals surface area contributed by atoms with Gasteiger partial charge in [-0.3, -0.25) is 0 Å². The van der Waals surface area contributed by atoms with Crippen molar-refractivity contribution >= 4 is 0 Å². The van der Waals surface area contributed by atoms with Crippen LogP contribution in [0.5, 0.6) is 5.75 Å². The summed E-state index contributed by atoms with van der Waals surface area (Å²) in [5.74, 6) is 1.60. The maximum Gasteiger partial charge on any atom is 0.125 e. The molecule has 0 amide bonds. The fraction of sp³-hybridized carbons (Fsp3) is 0.667. The van der Waals surface area contributed by atoms with E-state index in [1.54, 1.807) is 0 Å². The van der Waals surface area contributed by atoms with E-state index >= 15 is 0 Å². The van der Waals surface area contributed by atoms with Crippen LogP contribution in [0.2, 0.25) is 0 Å². The Morgan fingerprint density at radius 1 is 1.15 bits per heavy atom. The third-order valence-corrected chi connectivity index (χ3v) is 4.47. The van der Waals surface area contributed by atoms with Crippen LogP contribution in [-0.2, 0) is 6.42 Å². The first-order valence-corrected chi connectivity index (χ1v) is 8.16. The lowest BCUT2D eigenvalue weighted by atomic mass is 9.84. The zero-order valence-electron chi connectivity index (χ0n) is 12.8. The topological polar surface area (TPSA) is 29.5 Å². The van der Waals surface area contributed by atoms with Crippen LogP contribution in [0.3, 0.4) is 0 Å². The van der Waals surface area contributed by atoms with Gasteiger partial charge in [0.1, 0.15) is 11.9 Å². The molecule has 2 rings (SSSR count).